The fraction of sp³-hybridized carbons (Fsp3) is 0.562. The molecule has 1 aliphatic heterocycles. The Bertz CT molecular complexity index is 425. The summed E-state index contributed by atoms with van der Waals surface area (Å²) in [6, 6.07) is 8.68. The monoisotopic (exact) mass is 261 g/mol. The van der Waals surface area contributed by atoms with E-state index in [9.17, 15) is 4.79 Å². The number of carbonyl (C=O) groups excluding carboxylic acids is 1. The summed E-state index contributed by atoms with van der Waals surface area (Å²) in [5.74, 6) is 0.554. The van der Waals surface area contributed by atoms with Crippen molar-refractivity contribution in [2.75, 3.05) is 6.61 Å². The van der Waals surface area contributed by atoms with Gasteiger partial charge in [0, 0.05) is 12.5 Å². The Hall–Kier alpha value is -1.35. The van der Waals surface area contributed by atoms with E-state index in [0.29, 0.717) is 12.5 Å². The molecule has 3 heteroatoms. The first kappa shape index (κ1) is 14.1. The van der Waals surface area contributed by atoms with Crippen molar-refractivity contribution in [2.24, 2.45) is 5.92 Å². The molecule has 0 bridgehead atoms. The summed E-state index contributed by atoms with van der Waals surface area (Å²) in [4.78, 5) is 11.4. The fourth-order valence-corrected chi connectivity index (χ4v) is 2.46. The number of nitrogens with one attached hydrogen (secondary N) is 1. The summed E-state index contributed by atoms with van der Waals surface area (Å²) in [7, 11) is 0. The zero-order valence-corrected chi connectivity index (χ0v) is 12.0. The first-order valence-corrected chi connectivity index (χ1v) is 7.08. The highest BCUT2D eigenvalue weighted by atomic mass is 16.5. The molecule has 0 amide bonds. The van der Waals surface area contributed by atoms with Crippen LogP contribution in [0.3, 0.4) is 0 Å². The van der Waals surface area contributed by atoms with Gasteiger partial charge in [-0.3, -0.25) is 10.1 Å². The first-order chi connectivity index (χ1) is 9.06. The SMILES string of the molecule is CC(C)Cc1ccc(C(C)NC2CCOC2=O)cc1. The molecule has 2 rings (SSSR count). The standard InChI is InChI=1S/C16H23NO2/c1-11(2)10-13-4-6-14(7-5-13)12(3)17-15-8-9-19-16(15)18/h4-7,11-12,15,17H,8-10H2,1-3H3. The molecule has 1 saturated heterocycles. The molecule has 2 unspecified atom stereocenters. The summed E-state index contributed by atoms with van der Waals surface area (Å²) >= 11 is 0. The second-order valence-corrected chi connectivity index (χ2v) is 5.74. The van der Waals surface area contributed by atoms with Crippen molar-refractivity contribution in [2.45, 2.75) is 45.7 Å². The third-order valence-corrected chi connectivity index (χ3v) is 3.51. The van der Waals surface area contributed by atoms with Crippen molar-refractivity contribution < 1.29 is 9.53 Å². The molecule has 0 aromatic heterocycles. The van der Waals surface area contributed by atoms with E-state index in [-0.39, 0.29) is 18.1 Å². The van der Waals surface area contributed by atoms with Gasteiger partial charge in [-0.2, -0.15) is 0 Å². The van der Waals surface area contributed by atoms with Crippen LogP contribution in [-0.4, -0.2) is 18.6 Å². The highest BCUT2D eigenvalue weighted by molar-refractivity contribution is 5.77. The minimum Gasteiger partial charge on any atom is -0.464 e. The fourth-order valence-electron chi connectivity index (χ4n) is 2.46. The maximum Gasteiger partial charge on any atom is 0.323 e. The lowest BCUT2D eigenvalue weighted by Crippen LogP contribution is -2.35. The van der Waals surface area contributed by atoms with Gasteiger partial charge in [0.2, 0.25) is 0 Å². The number of carbonyl (C=O) groups is 1. The molecule has 1 heterocycles. The zero-order chi connectivity index (χ0) is 13.8. The Morgan fingerprint density at radius 3 is 2.47 bits per heavy atom. The van der Waals surface area contributed by atoms with Crippen LogP contribution >= 0.6 is 0 Å². The molecular weight excluding hydrogens is 238 g/mol. The quantitative estimate of drug-likeness (QED) is 0.828. The predicted molar refractivity (Wildman–Crippen MR) is 75.9 cm³/mol. The van der Waals surface area contributed by atoms with Gasteiger partial charge < -0.3 is 4.74 Å². The van der Waals surface area contributed by atoms with E-state index in [2.05, 4.69) is 50.4 Å². The Kier molecular flexibility index (Phi) is 4.59. The summed E-state index contributed by atoms with van der Waals surface area (Å²) in [5.41, 5.74) is 2.58. The van der Waals surface area contributed by atoms with Gasteiger partial charge in [-0.1, -0.05) is 38.1 Å². The number of hydrogen-bond donors (Lipinski definition) is 1. The van der Waals surface area contributed by atoms with Gasteiger partial charge in [0.25, 0.3) is 0 Å². The second kappa shape index (κ2) is 6.20. The Morgan fingerprint density at radius 2 is 1.95 bits per heavy atom. The van der Waals surface area contributed by atoms with E-state index in [0.717, 1.165) is 12.8 Å². The van der Waals surface area contributed by atoms with Gasteiger partial charge in [0.1, 0.15) is 6.04 Å². The maximum absolute atomic E-state index is 11.4. The molecule has 0 aliphatic carbocycles. The molecule has 0 saturated carbocycles. The highest BCUT2D eigenvalue weighted by Crippen LogP contribution is 2.18. The third-order valence-electron chi connectivity index (χ3n) is 3.51. The Labute approximate surface area is 115 Å². The molecule has 1 aromatic carbocycles. The van der Waals surface area contributed by atoms with Crippen LogP contribution in [0.5, 0.6) is 0 Å². The van der Waals surface area contributed by atoms with Gasteiger partial charge in [-0.15, -0.1) is 0 Å². The summed E-state index contributed by atoms with van der Waals surface area (Å²) < 4.78 is 4.96. The number of hydrogen-bond acceptors (Lipinski definition) is 3. The van der Waals surface area contributed by atoms with Crippen molar-refractivity contribution in [3.63, 3.8) is 0 Å². The Balaban J connectivity index is 1.95. The molecule has 1 aromatic rings. The molecule has 0 radical (unpaired) electrons. The average Bonchev–Trinajstić information content (AvgIpc) is 2.75. The summed E-state index contributed by atoms with van der Waals surface area (Å²) in [5, 5.41) is 3.33. The van der Waals surface area contributed by atoms with Crippen LogP contribution in [0.2, 0.25) is 0 Å². The molecule has 1 fully saturated rings. The molecule has 2 atom stereocenters. The molecule has 3 nitrogen and oxygen atoms in total. The maximum atomic E-state index is 11.4. The third kappa shape index (κ3) is 3.80. The van der Waals surface area contributed by atoms with Gasteiger partial charge in [0.15, 0.2) is 0 Å². The smallest absolute Gasteiger partial charge is 0.323 e. The van der Waals surface area contributed by atoms with Crippen molar-refractivity contribution in [3.05, 3.63) is 35.4 Å². The van der Waals surface area contributed by atoms with E-state index >= 15 is 0 Å². The van der Waals surface area contributed by atoms with Gasteiger partial charge in [-0.25, -0.2) is 0 Å². The van der Waals surface area contributed by atoms with Crippen LogP contribution < -0.4 is 5.32 Å². The van der Waals surface area contributed by atoms with Crippen molar-refractivity contribution in [3.8, 4) is 0 Å². The number of esters is 1. The van der Waals surface area contributed by atoms with Crippen molar-refractivity contribution in [1.29, 1.82) is 0 Å². The topological polar surface area (TPSA) is 38.3 Å². The van der Waals surface area contributed by atoms with Gasteiger partial charge >= 0.3 is 5.97 Å². The van der Waals surface area contributed by atoms with E-state index in [4.69, 9.17) is 4.74 Å². The molecule has 1 aliphatic rings. The van der Waals surface area contributed by atoms with Gasteiger partial charge in [0.05, 0.1) is 6.61 Å². The minimum absolute atomic E-state index is 0.122. The minimum atomic E-state index is -0.148. The lowest BCUT2D eigenvalue weighted by atomic mass is 9.99. The van der Waals surface area contributed by atoms with Crippen LogP contribution in [-0.2, 0) is 16.0 Å². The van der Waals surface area contributed by atoms with Crippen molar-refractivity contribution >= 4 is 5.97 Å². The molecular formula is C16H23NO2. The van der Waals surface area contributed by atoms with E-state index in [1.54, 1.807) is 0 Å². The first-order valence-electron chi connectivity index (χ1n) is 7.08. The zero-order valence-electron chi connectivity index (χ0n) is 12.0. The van der Waals surface area contributed by atoms with E-state index in [1.807, 2.05) is 0 Å². The lowest BCUT2D eigenvalue weighted by Gasteiger charge is -2.17. The predicted octanol–water partition coefficient (Wildman–Crippen LogP) is 2.85. The number of cyclic esters (lactones) is 1. The summed E-state index contributed by atoms with van der Waals surface area (Å²) in [6.45, 7) is 7.08. The number of rotatable bonds is 5. The molecule has 104 valence electrons. The average molecular weight is 261 g/mol. The Morgan fingerprint density at radius 1 is 1.26 bits per heavy atom. The van der Waals surface area contributed by atoms with Gasteiger partial charge in [-0.05, 0) is 30.4 Å². The second-order valence-electron chi connectivity index (χ2n) is 5.74. The van der Waals surface area contributed by atoms with Crippen LogP contribution in [0.25, 0.3) is 0 Å². The number of benzene rings is 1. The molecule has 1 N–H and O–H groups in total. The van der Waals surface area contributed by atoms with Crippen LogP contribution in [0, 0.1) is 5.92 Å². The molecule has 19 heavy (non-hydrogen) atoms. The van der Waals surface area contributed by atoms with Crippen LogP contribution in [0.4, 0.5) is 0 Å². The highest BCUT2D eigenvalue weighted by Gasteiger charge is 2.27. The normalized spacial score (nSPS) is 20.6. The van der Waals surface area contributed by atoms with Crippen LogP contribution in [0.1, 0.15) is 44.4 Å². The number of ether oxygens (including phenoxy) is 1. The van der Waals surface area contributed by atoms with Crippen molar-refractivity contribution in [1.82, 2.24) is 5.32 Å². The molecule has 0 spiro atoms. The summed E-state index contributed by atoms with van der Waals surface area (Å²) in [6.07, 6.45) is 1.88. The van der Waals surface area contributed by atoms with E-state index < -0.39 is 0 Å². The lowest BCUT2D eigenvalue weighted by molar-refractivity contribution is -0.139. The largest absolute Gasteiger partial charge is 0.464 e. The van der Waals surface area contributed by atoms with Crippen LogP contribution in [0.15, 0.2) is 24.3 Å². The van der Waals surface area contributed by atoms with E-state index in [1.165, 1.54) is 11.1 Å².